The molecule has 1 saturated carbocycles. The van der Waals surface area contributed by atoms with Gasteiger partial charge in [0.05, 0.1) is 11.6 Å². The first-order valence-corrected chi connectivity index (χ1v) is 5.72. The van der Waals surface area contributed by atoms with Crippen molar-refractivity contribution in [3.8, 4) is 0 Å². The van der Waals surface area contributed by atoms with Gasteiger partial charge in [-0.1, -0.05) is 17.7 Å². The molecule has 0 radical (unpaired) electrons. The Kier molecular flexibility index (Phi) is 3.19. The minimum absolute atomic E-state index is 0.358. The molecule has 1 aliphatic carbocycles. The molecule has 0 bridgehead atoms. The maximum absolute atomic E-state index is 13.7. The van der Waals surface area contributed by atoms with Crippen LogP contribution in [0.15, 0.2) is 18.2 Å². The maximum atomic E-state index is 13.7. The van der Waals surface area contributed by atoms with E-state index in [4.69, 9.17) is 22.1 Å². The SMILES string of the molecule is COC1(C(N)c2ccc(Cl)cc2F)CCC1. The van der Waals surface area contributed by atoms with Crippen LogP contribution in [0, 0.1) is 5.82 Å². The van der Waals surface area contributed by atoms with Gasteiger partial charge in [0.1, 0.15) is 5.82 Å². The summed E-state index contributed by atoms with van der Waals surface area (Å²) in [6, 6.07) is 4.16. The van der Waals surface area contributed by atoms with E-state index in [1.165, 1.54) is 6.07 Å². The van der Waals surface area contributed by atoms with Crippen LogP contribution < -0.4 is 5.73 Å². The molecule has 4 heteroatoms. The minimum atomic E-state index is -0.427. The second kappa shape index (κ2) is 4.32. The number of methoxy groups -OCH3 is 1. The van der Waals surface area contributed by atoms with E-state index in [0.29, 0.717) is 10.6 Å². The molecule has 88 valence electrons. The first kappa shape index (κ1) is 11.8. The molecule has 0 heterocycles. The number of ether oxygens (including phenoxy) is 1. The molecule has 0 saturated heterocycles. The van der Waals surface area contributed by atoms with Crippen molar-refractivity contribution in [1.29, 1.82) is 0 Å². The normalized spacial score (nSPS) is 20.2. The summed E-state index contributed by atoms with van der Waals surface area (Å²) in [7, 11) is 1.63. The summed E-state index contributed by atoms with van der Waals surface area (Å²) in [4.78, 5) is 0. The Morgan fingerprint density at radius 1 is 1.50 bits per heavy atom. The average Bonchev–Trinajstić information content (AvgIpc) is 2.16. The van der Waals surface area contributed by atoms with Gasteiger partial charge in [0, 0.05) is 17.7 Å². The van der Waals surface area contributed by atoms with Crippen molar-refractivity contribution in [2.45, 2.75) is 30.9 Å². The van der Waals surface area contributed by atoms with Crippen LogP contribution in [0.25, 0.3) is 0 Å². The van der Waals surface area contributed by atoms with Gasteiger partial charge in [0.15, 0.2) is 0 Å². The number of benzene rings is 1. The topological polar surface area (TPSA) is 35.2 Å². The van der Waals surface area contributed by atoms with E-state index < -0.39 is 11.6 Å². The molecule has 0 spiro atoms. The average molecular weight is 244 g/mol. The highest BCUT2D eigenvalue weighted by Gasteiger charge is 2.44. The fourth-order valence-corrected chi connectivity index (χ4v) is 2.36. The summed E-state index contributed by atoms with van der Waals surface area (Å²) in [5.74, 6) is -0.358. The van der Waals surface area contributed by atoms with E-state index in [1.54, 1.807) is 19.2 Å². The number of rotatable bonds is 3. The number of hydrogen-bond acceptors (Lipinski definition) is 2. The highest BCUT2D eigenvalue weighted by atomic mass is 35.5. The summed E-state index contributed by atoms with van der Waals surface area (Å²) in [5, 5.41) is 0.383. The van der Waals surface area contributed by atoms with E-state index in [1.807, 2.05) is 0 Å². The molecule has 0 aliphatic heterocycles. The zero-order chi connectivity index (χ0) is 11.8. The van der Waals surface area contributed by atoms with Crippen molar-refractivity contribution in [1.82, 2.24) is 0 Å². The van der Waals surface area contributed by atoms with Crippen molar-refractivity contribution in [3.05, 3.63) is 34.6 Å². The molecule has 1 fully saturated rings. The van der Waals surface area contributed by atoms with Crippen LogP contribution in [0.3, 0.4) is 0 Å². The number of hydrogen-bond donors (Lipinski definition) is 1. The predicted molar refractivity (Wildman–Crippen MR) is 61.9 cm³/mol. The molecule has 1 aromatic carbocycles. The van der Waals surface area contributed by atoms with Crippen LogP contribution >= 0.6 is 11.6 Å². The number of nitrogens with two attached hydrogens (primary N) is 1. The van der Waals surface area contributed by atoms with Gasteiger partial charge in [-0.25, -0.2) is 4.39 Å². The smallest absolute Gasteiger partial charge is 0.129 e. The first-order valence-electron chi connectivity index (χ1n) is 5.35. The summed E-state index contributed by atoms with van der Waals surface area (Å²) >= 11 is 5.71. The third-order valence-electron chi connectivity index (χ3n) is 3.47. The molecule has 1 atom stereocenters. The Morgan fingerprint density at radius 2 is 2.19 bits per heavy atom. The van der Waals surface area contributed by atoms with Crippen molar-refractivity contribution < 1.29 is 9.13 Å². The second-order valence-electron chi connectivity index (χ2n) is 4.27. The largest absolute Gasteiger partial charge is 0.376 e. The summed E-state index contributed by atoms with van der Waals surface area (Å²) in [6.07, 6.45) is 2.84. The van der Waals surface area contributed by atoms with Gasteiger partial charge in [-0.05, 0) is 31.4 Å². The van der Waals surface area contributed by atoms with E-state index in [-0.39, 0.29) is 5.82 Å². The Balaban J connectivity index is 2.29. The predicted octanol–water partition coefficient (Wildman–Crippen LogP) is 3.05. The number of halogens is 2. The first-order chi connectivity index (χ1) is 7.59. The molecule has 2 rings (SSSR count). The van der Waals surface area contributed by atoms with Gasteiger partial charge in [-0.3, -0.25) is 0 Å². The van der Waals surface area contributed by atoms with Crippen LogP contribution in [0.2, 0.25) is 5.02 Å². The van der Waals surface area contributed by atoms with Crippen molar-refractivity contribution >= 4 is 11.6 Å². The second-order valence-corrected chi connectivity index (χ2v) is 4.70. The molecule has 0 aromatic heterocycles. The molecular weight excluding hydrogens is 229 g/mol. The molecule has 1 aliphatic rings. The zero-order valence-electron chi connectivity index (χ0n) is 9.17. The van der Waals surface area contributed by atoms with Gasteiger partial charge in [0.2, 0.25) is 0 Å². The van der Waals surface area contributed by atoms with Crippen LogP contribution in [-0.4, -0.2) is 12.7 Å². The van der Waals surface area contributed by atoms with E-state index in [0.717, 1.165) is 19.3 Å². The van der Waals surface area contributed by atoms with Gasteiger partial charge < -0.3 is 10.5 Å². The monoisotopic (exact) mass is 243 g/mol. The van der Waals surface area contributed by atoms with Crippen molar-refractivity contribution in [2.24, 2.45) is 5.73 Å². The summed E-state index contributed by atoms with van der Waals surface area (Å²) in [6.45, 7) is 0. The minimum Gasteiger partial charge on any atom is -0.376 e. The lowest BCUT2D eigenvalue weighted by Gasteiger charge is -2.45. The van der Waals surface area contributed by atoms with Gasteiger partial charge in [-0.2, -0.15) is 0 Å². The lowest BCUT2D eigenvalue weighted by atomic mass is 9.72. The lowest BCUT2D eigenvalue weighted by molar-refractivity contribution is -0.0917. The molecule has 2 nitrogen and oxygen atoms in total. The Hall–Kier alpha value is -0.640. The van der Waals surface area contributed by atoms with Crippen LogP contribution in [0.1, 0.15) is 30.9 Å². The Morgan fingerprint density at radius 3 is 2.62 bits per heavy atom. The van der Waals surface area contributed by atoms with Crippen molar-refractivity contribution in [2.75, 3.05) is 7.11 Å². The van der Waals surface area contributed by atoms with E-state index in [2.05, 4.69) is 0 Å². The van der Waals surface area contributed by atoms with Crippen LogP contribution in [0.5, 0.6) is 0 Å². The fourth-order valence-electron chi connectivity index (χ4n) is 2.20. The molecule has 1 aromatic rings. The Bertz CT molecular complexity index is 387. The van der Waals surface area contributed by atoms with Crippen LogP contribution in [0.4, 0.5) is 4.39 Å². The molecule has 1 unspecified atom stereocenters. The third kappa shape index (κ3) is 1.83. The van der Waals surface area contributed by atoms with Crippen molar-refractivity contribution in [3.63, 3.8) is 0 Å². The molecule has 0 amide bonds. The quantitative estimate of drug-likeness (QED) is 0.886. The van der Waals surface area contributed by atoms with Gasteiger partial charge in [0.25, 0.3) is 0 Å². The summed E-state index contributed by atoms with van der Waals surface area (Å²) < 4.78 is 19.2. The van der Waals surface area contributed by atoms with Gasteiger partial charge in [-0.15, -0.1) is 0 Å². The molecular formula is C12H15ClFNO. The molecule has 2 N–H and O–H groups in total. The van der Waals surface area contributed by atoms with E-state index >= 15 is 0 Å². The Labute approximate surface area is 99.5 Å². The van der Waals surface area contributed by atoms with E-state index in [9.17, 15) is 4.39 Å². The highest BCUT2D eigenvalue weighted by molar-refractivity contribution is 6.30. The zero-order valence-corrected chi connectivity index (χ0v) is 9.93. The maximum Gasteiger partial charge on any atom is 0.129 e. The third-order valence-corrected chi connectivity index (χ3v) is 3.71. The van der Waals surface area contributed by atoms with Crippen LogP contribution in [-0.2, 0) is 4.74 Å². The highest BCUT2D eigenvalue weighted by Crippen LogP contribution is 2.44. The fraction of sp³-hybridized carbons (Fsp3) is 0.500. The standard InChI is InChI=1S/C12H15ClFNO/c1-16-12(5-2-6-12)11(15)9-4-3-8(13)7-10(9)14/h3-4,7,11H,2,5-6,15H2,1H3. The lowest BCUT2D eigenvalue weighted by Crippen LogP contribution is -2.48. The van der Waals surface area contributed by atoms with Gasteiger partial charge >= 0.3 is 0 Å². The summed E-state index contributed by atoms with van der Waals surface area (Å²) in [5.41, 5.74) is 6.17. The molecule has 16 heavy (non-hydrogen) atoms.